The molecule has 1 saturated heterocycles. The topological polar surface area (TPSA) is 145 Å². The fraction of sp³-hybridized carbons (Fsp3) is 0.391. The predicted molar refractivity (Wildman–Crippen MR) is 127 cm³/mol. The van der Waals surface area contributed by atoms with Crippen molar-refractivity contribution in [1.82, 2.24) is 39.1 Å². The van der Waals surface area contributed by atoms with Gasteiger partial charge in [0.1, 0.15) is 16.8 Å². The van der Waals surface area contributed by atoms with Crippen molar-refractivity contribution in [3.63, 3.8) is 0 Å². The monoisotopic (exact) mass is 474 g/mol. The number of rotatable bonds is 4. The molecule has 0 bridgehead atoms. The van der Waals surface area contributed by atoms with Gasteiger partial charge in [0.25, 0.3) is 0 Å². The van der Waals surface area contributed by atoms with Crippen LogP contribution in [0.2, 0.25) is 0 Å². The molecule has 4 aromatic heterocycles. The first kappa shape index (κ1) is 22.4. The number of aryl methyl sites for hydroxylation is 1. The molecule has 2 N–H and O–H groups in total. The molecule has 0 spiro atoms. The van der Waals surface area contributed by atoms with Gasteiger partial charge in [-0.2, -0.15) is 20.6 Å². The van der Waals surface area contributed by atoms with E-state index in [1.807, 2.05) is 46.3 Å². The van der Waals surface area contributed by atoms with Crippen molar-refractivity contribution in [3.8, 4) is 28.6 Å². The van der Waals surface area contributed by atoms with Crippen molar-refractivity contribution in [2.45, 2.75) is 38.3 Å². The van der Waals surface area contributed by atoms with Gasteiger partial charge in [-0.1, -0.05) is 0 Å². The molecule has 0 aliphatic carbocycles. The van der Waals surface area contributed by atoms with E-state index in [1.54, 1.807) is 37.4 Å². The van der Waals surface area contributed by atoms with E-state index in [2.05, 4.69) is 21.4 Å². The molecule has 0 aromatic carbocycles. The lowest BCUT2D eigenvalue weighted by Crippen LogP contribution is -2.64. The first-order valence-electron chi connectivity index (χ1n) is 11.1. The second kappa shape index (κ2) is 7.83. The predicted octanol–water partition coefficient (Wildman–Crippen LogP) is 2.44. The van der Waals surface area contributed by atoms with Gasteiger partial charge in [-0.3, -0.25) is 9.36 Å². The lowest BCUT2D eigenvalue weighted by Gasteiger charge is -2.48. The minimum absolute atomic E-state index is 0.165. The van der Waals surface area contributed by atoms with Crippen LogP contribution in [0.1, 0.15) is 27.2 Å². The summed E-state index contributed by atoms with van der Waals surface area (Å²) in [6.45, 7) is 6.04. The number of nitrogens with two attached hydrogens (primary N) is 1. The Labute approximate surface area is 201 Å². The Hall–Kier alpha value is -4.40. The number of hydrogen-bond donors (Lipinski definition) is 1. The second-order valence-electron chi connectivity index (χ2n) is 9.81. The van der Waals surface area contributed by atoms with E-state index in [1.165, 1.54) is 0 Å². The van der Waals surface area contributed by atoms with Crippen LogP contribution >= 0.6 is 0 Å². The molecule has 5 rings (SSSR count). The van der Waals surface area contributed by atoms with E-state index < -0.39 is 17.2 Å². The van der Waals surface area contributed by atoms with Crippen LogP contribution in [0, 0.1) is 11.3 Å². The third-order valence-corrected chi connectivity index (χ3v) is 5.90. The average Bonchev–Trinajstić information content (AvgIpc) is 3.48. The molecule has 35 heavy (non-hydrogen) atoms. The molecule has 12 nitrogen and oxygen atoms in total. The Bertz CT molecular complexity index is 1460. The molecule has 0 radical (unpaired) electrons. The summed E-state index contributed by atoms with van der Waals surface area (Å²) in [4.78, 5) is 18.9. The van der Waals surface area contributed by atoms with Crippen LogP contribution in [-0.2, 0) is 17.3 Å². The van der Waals surface area contributed by atoms with Crippen molar-refractivity contribution in [2.75, 3.05) is 18.8 Å². The van der Waals surface area contributed by atoms with E-state index in [4.69, 9.17) is 15.5 Å². The van der Waals surface area contributed by atoms with Gasteiger partial charge in [0.2, 0.25) is 0 Å². The second-order valence-corrected chi connectivity index (χ2v) is 9.81. The highest BCUT2D eigenvalue weighted by molar-refractivity contribution is 5.83. The number of anilines is 1. The Morgan fingerprint density at radius 2 is 2.03 bits per heavy atom. The highest BCUT2D eigenvalue weighted by Crippen LogP contribution is 2.37. The highest BCUT2D eigenvalue weighted by atomic mass is 16.6. The van der Waals surface area contributed by atoms with E-state index in [-0.39, 0.29) is 12.2 Å². The van der Waals surface area contributed by atoms with Crippen molar-refractivity contribution >= 4 is 17.4 Å². The molecule has 180 valence electrons. The summed E-state index contributed by atoms with van der Waals surface area (Å²) < 4.78 is 10.6. The van der Waals surface area contributed by atoms with Crippen molar-refractivity contribution in [2.24, 2.45) is 7.05 Å². The van der Waals surface area contributed by atoms with Gasteiger partial charge in [-0.15, -0.1) is 0 Å². The lowest BCUT2D eigenvalue weighted by molar-refractivity contribution is -0.0313. The van der Waals surface area contributed by atoms with E-state index >= 15 is 0 Å². The van der Waals surface area contributed by atoms with Crippen LogP contribution in [0.3, 0.4) is 0 Å². The Kier molecular flexibility index (Phi) is 5.01. The van der Waals surface area contributed by atoms with Gasteiger partial charge in [-0.05, 0) is 26.8 Å². The van der Waals surface area contributed by atoms with Gasteiger partial charge < -0.3 is 15.4 Å². The number of amides is 1. The van der Waals surface area contributed by atoms with Gasteiger partial charge in [0.15, 0.2) is 5.82 Å². The number of nitriles is 1. The van der Waals surface area contributed by atoms with Crippen molar-refractivity contribution in [1.29, 1.82) is 5.26 Å². The maximum absolute atomic E-state index is 12.5. The summed E-state index contributed by atoms with van der Waals surface area (Å²) >= 11 is 0. The number of nitrogen functional groups attached to an aromatic ring is 1. The van der Waals surface area contributed by atoms with Crippen molar-refractivity contribution in [3.05, 3.63) is 37.1 Å². The fourth-order valence-electron chi connectivity index (χ4n) is 4.24. The molecule has 1 fully saturated rings. The number of carbonyl (C=O) groups is 1. The van der Waals surface area contributed by atoms with Crippen LogP contribution in [0.5, 0.6) is 0 Å². The zero-order chi connectivity index (χ0) is 25.0. The largest absolute Gasteiger partial charge is 0.444 e. The fourth-order valence-corrected chi connectivity index (χ4v) is 4.24. The molecular formula is C23H26N10O2. The molecular weight excluding hydrogens is 448 g/mol. The number of fused-ring (bicyclic) bond motifs is 1. The zero-order valence-corrected chi connectivity index (χ0v) is 20.0. The number of hydrogen-bond acceptors (Lipinski definition) is 8. The Balaban J connectivity index is 1.52. The standard InChI is InChI=1S/C23H26N10O2/c1-22(2,3)35-21(34)31-13-23(14-31,6-7-24)33-11-16(20(25)29-33)19-18-5-8-26-32(18)12-17(28-19)15-9-27-30(4)10-15/h5,8-12H,6,13-14H2,1-4H3,(H2,25,29). The summed E-state index contributed by atoms with van der Waals surface area (Å²) in [6.07, 6.45) is 8.66. The minimum atomic E-state index is -0.699. The summed E-state index contributed by atoms with van der Waals surface area (Å²) in [5.41, 5.74) is 8.59. The smallest absolute Gasteiger partial charge is 0.410 e. The van der Waals surface area contributed by atoms with Crippen LogP contribution < -0.4 is 5.73 Å². The Morgan fingerprint density at radius 1 is 1.26 bits per heavy atom. The number of ether oxygens (including phenoxy) is 1. The number of carbonyl (C=O) groups excluding carboxylic acids is 1. The maximum Gasteiger partial charge on any atom is 0.410 e. The molecule has 5 heterocycles. The third-order valence-electron chi connectivity index (χ3n) is 5.90. The molecule has 12 heteroatoms. The van der Waals surface area contributed by atoms with E-state index in [0.717, 1.165) is 11.1 Å². The first-order valence-corrected chi connectivity index (χ1v) is 11.1. The summed E-state index contributed by atoms with van der Waals surface area (Å²) in [6, 6.07) is 4.08. The van der Waals surface area contributed by atoms with Crippen LogP contribution in [0.4, 0.5) is 10.6 Å². The van der Waals surface area contributed by atoms with E-state index in [9.17, 15) is 10.1 Å². The number of aromatic nitrogens is 7. The summed E-state index contributed by atoms with van der Waals surface area (Å²) in [5.74, 6) is 0.275. The van der Waals surface area contributed by atoms with Gasteiger partial charge >= 0.3 is 6.09 Å². The SMILES string of the molecule is Cn1cc(-c2cn3nccc3c(-c3cn(C4(CC#N)CN(C(=O)OC(C)(C)C)C4)nc3N)n2)cn1. The van der Waals surface area contributed by atoms with Crippen LogP contribution in [0.15, 0.2) is 37.1 Å². The summed E-state index contributed by atoms with van der Waals surface area (Å²) in [7, 11) is 1.84. The normalized spacial score (nSPS) is 15.1. The molecule has 0 unspecified atom stereocenters. The third kappa shape index (κ3) is 3.95. The zero-order valence-electron chi connectivity index (χ0n) is 20.0. The van der Waals surface area contributed by atoms with Crippen LogP contribution in [0.25, 0.3) is 28.0 Å². The minimum Gasteiger partial charge on any atom is -0.444 e. The molecule has 1 amide bonds. The molecule has 1 aliphatic heterocycles. The van der Waals surface area contributed by atoms with Crippen LogP contribution in [-0.4, -0.2) is 63.8 Å². The molecule has 1 aliphatic rings. The first-order chi connectivity index (χ1) is 16.6. The van der Waals surface area contributed by atoms with Gasteiger partial charge in [0.05, 0.1) is 60.9 Å². The van der Waals surface area contributed by atoms with E-state index in [0.29, 0.717) is 30.0 Å². The molecule has 0 atom stereocenters. The highest BCUT2D eigenvalue weighted by Gasteiger charge is 2.49. The summed E-state index contributed by atoms with van der Waals surface area (Å²) in [5, 5.41) is 22.7. The van der Waals surface area contributed by atoms with Crippen molar-refractivity contribution < 1.29 is 9.53 Å². The lowest BCUT2D eigenvalue weighted by atomic mass is 9.87. The molecule has 4 aromatic rings. The van der Waals surface area contributed by atoms with Gasteiger partial charge in [0, 0.05) is 25.0 Å². The van der Waals surface area contributed by atoms with Gasteiger partial charge in [-0.25, -0.2) is 14.3 Å². The molecule has 0 saturated carbocycles. The number of likely N-dealkylation sites (tertiary alicyclic amines) is 1. The Morgan fingerprint density at radius 3 is 2.69 bits per heavy atom. The number of nitrogens with zero attached hydrogens (tertiary/aromatic N) is 9. The average molecular weight is 475 g/mol. The quantitative estimate of drug-likeness (QED) is 0.475. The maximum atomic E-state index is 12.5.